The number of halogens is 1. The van der Waals surface area contributed by atoms with Gasteiger partial charge < -0.3 is 0 Å². The fourth-order valence-electron chi connectivity index (χ4n) is 1.98. The van der Waals surface area contributed by atoms with Crippen molar-refractivity contribution >= 4 is 5.69 Å². The Hall–Kier alpha value is -1.67. The van der Waals surface area contributed by atoms with E-state index < -0.39 is 0 Å². The van der Waals surface area contributed by atoms with Crippen LogP contribution in [0.4, 0.5) is 10.1 Å². The van der Waals surface area contributed by atoms with Gasteiger partial charge in [0.25, 0.3) is 0 Å². The summed E-state index contributed by atoms with van der Waals surface area (Å²) in [4.78, 5) is 0. The molecule has 0 aliphatic heterocycles. The van der Waals surface area contributed by atoms with Crippen LogP contribution in [0.15, 0.2) is 54.6 Å². The average Bonchev–Trinajstić information content (AvgIpc) is 2.33. The molecule has 0 radical (unpaired) electrons. The lowest BCUT2D eigenvalue weighted by molar-refractivity contribution is 0.383. The first-order valence-electron chi connectivity index (χ1n) is 5.71. The number of nitrogens with zero attached hydrogens (tertiary/aromatic N) is 1. The molecule has 0 amide bonds. The standard InChI is InChI=1S/C15H17FN/c1-17(2,14-9-4-3-5-10-14)12-13-8-6-7-11-15(13)16/h3-11H,12H2,1-2H3/q+1. The maximum absolute atomic E-state index is 13.6. The summed E-state index contributed by atoms with van der Waals surface area (Å²) >= 11 is 0. The van der Waals surface area contributed by atoms with Gasteiger partial charge in [-0.15, -0.1) is 0 Å². The average molecular weight is 230 g/mol. The van der Waals surface area contributed by atoms with Crippen LogP contribution in [-0.4, -0.2) is 14.1 Å². The molecule has 0 aliphatic carbocycles. The minimum atomic E-state index is -0.130. The van der Waals surface area contributed by atoms with E-state index in [0.29, 0.717) is 11.0 Å². The van der Waals surface area contributed by atoms with E-state index in [0.717, 1.165) is 5.56 Å². The molecule has 2 aromatic rings. The van der Waals surface area contributed by atoms with Crippen LogP contribution in [0.5, 0.6) is 0 Å². The molecule has 0 bridgehead atoms. The van der Waals surface area contributed by atoms with Gasteiger partial charge in [-0.25, -0.2) is 4.39 Å². The van der Waals surface area contributed by atoms with E-state index in [1.807, 2.05) is 30.3 Å². The van der Waals surface area contributed by atoms with Crippen LogP contribution < -0.4 is 4.48 Å². The Labute approximate surface area is 102 Å². The Bertz CT molecular complexity index is 491. The smallest absolute Gasteiger partial charge is 0.132 e. The molecular weight excluding hydrogens is 213 g/mol. The summed E-state index contributed by atoms with van der Waals surface area (Å²) in [5.41, 5.74) is 1.93. The molecule has 0 fully saturated rings. The fraction of sp³-hybridized carbons (Fsp3) is 0.200. The highest BCUT2D eigenvalue weighted by Crippen LogP contribution is 2.22. The first-order valence-corrected chi connectivity index (χ1v) is 5.71. The van der Waals surface area contributed by atoms with Crippen molar-refractivity contribution in [3.05, 3.63) is 66.0 Å². The maximum atomic E-state index is 13.6. The molecule has 2 heteroatoms. The van der Waals surface area contributed by atoms with Crippen LogP contribution in [-0.2, 0) is 6.54 Å². The topological polar surface area (TPSA) is 0 Å². The highest BCUT2D eigenvalue weighted by molar-refractivity contribution is 5.41. The van der Waals surface area contributed by atoms with Crippen molar-refractivity contribution < 1.29 is 4.39 Å². The zero-order valence-corrected chi connectivity index (χ0v) is 10.2. The van der Waals surface area contributed by atoms with Crippen molar-refractivity contribution in [2.24, 2.45) is 0 Å². The molecule has 0 unspecified atom stereocenters. The number of para-hydroxylation sites is 1. The summed E-state index contributed by atoms with van der Waals surface area (Å²) in [6.07, 6.45) is 0. The Morgan fingerprint density at radius 1 is 0.882 bits per heavy atom. The third kappa shape index (κ3) is 2.71. The molecule has 2 aromatic carbocycles. The number of hydrogen-bond acceptors (Lipinski definition) is 0. The minimum absolute atomic E-state index is 0.130. The van der Waals surface area contributed by atoms with E-state index in [2.05, 4.69) is 26.2 Å². The molecule has 0 saturated heterocycles. The van der Waals surface area contributed by atoms with Gasteiger partial charge in [-0.2, -0.15) is 0 Å². The molecule has 1 nitrogen and oxygen atoms in total. The zero-order valence-electron chi connectivity index (χ0n) is 10.2. The first-order chi connectivity index (χ1) is 8.09. The molecule has 0 spiro atoms. The van der Waals surface area contributed by atoms with Crippen molar-refractivity contribution in [2.45, 2.75) is 6.54 Å². The Kier molecular flexibility index (Phi) is 3.25. The zero-order chi connectivity index (χ0) is 12.3. The predicted molar refractivity (Wildman–Crippen MR) is 70.2 cm³/mol. The van der Waals surface area contributed by atoms with Crippen LogP contribution in [0.1, 0.15) is 5.56 Å². The Morgan fingerprint density at radius 3 is 2.12 bits per heavy atom. The molecule has 0 aromatic heterocycles. The molecule has 0 saturated carbocycles. The van der Waals surface area contributed by atoms with Crippen molar-refractivity contribution in [1.82, 2.24) is 4.48 Å². The van der Waals surface area contributed by atoms with Crippen LogP contribution in [0.25, 0.3) is 0 Å². The SMILES string of the molecule is C[N+](C)(Cc1ccccc1F)c1ccccc1. The van der Waals surface area contributed by atoms with Crippen LogP contribution in [0.2, 0.25) is 0 Å². The quantitative estimate of drug-likeness (QED) is 0.707. The van der Waals surface area contributed by atoms with E-state index in [1.54, 1.807) is 6.07 Å². The third-order valence-corrected chi connectivity index (χ3v) is 2.98. The lowest BCUT2D eigenvalue weighted by Gasteiger charge is -2.29. The van der Waals surface area contributed by atoms with Crippen LogP contribution in [0.3, 0.4) is 0 Å². The molecule has 2 rings (SSSR count). The second kappa shape index (κ2) is 4.68. The van der Waals surface area contributed by atoms with E-state index in [-0.39, 0.29) is 5.82 Å². The van der Waals surface area contributed by atoms with Gasteiger partial charge in [0.15, 0.2) is 0 Å². The van der Waals surface area contributed by atoms with E-state index in [9.17, 15) is 4.39 Å². The first kappa shape index (κ1) is 11.8. The van der Waals surface area contributed by atoms with Gasteiger partial charge in [-0.1, -0.05) is 36.4 Å². The van der Waals surface area contributed by atoms with E-state index in [4.69, 9.17) is 0 Å². The van der Waals surface area contributed by atoms with Gasteiger partial charge in [0.1, 0.15) is 18.0 Å². The monoisotopic (exact) mass is 230 g/mol. The largest absolute Gasteiger partial charge is 0.292 e. The normalized spacial score (nSPS) is 11.5. The van der Waals surface area contributed by atoms with Gasteiger partial charge in [0.2, 0.25) is 0 Å². The molecule has 17 heavy (non-hydrogen) atoms. The molecule has 0 aliphatic rings. The molecule has 88 valence electrons. The predicted octanol–water partition coefficient (Wildman–Crippen LogP) is 3.59. The summed E-state index contributed by atoms with van der Waals surface area (Å²) in [5, 5.41) is 0. The third-order valence-electron chi connectivity index (χ3n) is 2.98. The Balaban J connectivity index is 2.27. The minimum Gasteiger partial charge on any atom is -0.292 e. The summed E-state index contributed by atoms with van der Waals surface area (Å²) in [6, 6.07) is 17.1. The summed E-state index contributed by atoms with van der Waals surface area (Å²) in [7, 11) is 4.17. The highest BCUT2D eigenvalue weighted by Gasteiger charge is 2.20. The van der Waals surface area contributed by atoms with Gasteiger partial charge in [0, 0.05) is 5.56 Å². The summed E-state index contributed by atoms with van der Waals surface area (Å²) < 4.78 is 14.3. The number of rotatable bonds is 3. The van der Waals surface area contributed by atoms with Gasteiger partial charge in [0.05, 0.1) is 14.1 Å². The number of benzene rings is 2. The van der Waals surface area contributed by atoms with Gasteiger partial charge in [-0.05, 0) is 18.2 Å². The Morgan fingerprint density at radius 2 is 1.47 bits per heavy atom. The van der Waals surface area contributed by atoms with Gasteiger partial charge in [-0.3, -0.25) is 4.48 Å². The van der Waals surface area contributed by atoms with Crippen LogP contribution in [0, 0.1) is 5.82 Å². The van der Waals surface area contributed by atoms with Gasteiger partial charge >= 0.3 is 0 Å². The number of hydrogen-bond donors (Lipinski definition) is 0. The van der Waals surface area contributed by atoms with Crippen molar-refractivity contribution in [1.29, 1.82) is 0 Å². The molecule has 0 N–H and O–H groups in total. The van der Waals surface area contributed by atoms with Crippen molar-refractivity contribution in [3.63, 3.8) is 0 Å². The highest BCUT2D eigenvalue weighted by atomic mass is 19.1. The van der Waals surface area contributed by atoms with E-state index >= 15 is 0 Å². The maximum Gasteiger partial charge on any atom is 0.132 e. The number of quaternary nitrogens is 1. The lowest BCUT2D eigenvalue weighted by atomic mass is 10.1. The molecule has 0 atom stereocenters. The second-order valence-corrected chi connectivity index (χ2v) is 4.77. The molecule has 0 heterocycles. The van der Waals surface area contributed by atoms with Crippen molar-refractivity contribution in [3.8, 4) is 0 Å². The summed E-state index contributed by atoms with van der Waals surface area (Å²) in [6.45, 7) is 0.649. The summed E-state index contributed by atoms with van der Waals surface area (Å²) in [5.74, 6) is -0.130. The molecular formula is C15H17FN+. The fourth-order valence-corrected chi connectivity index (χ4v) is 1.98. The lowest BCUT2D eigenvalue weighted by Crippen LogP contribution is -2.39. The second-order valence-electron chi connectivity index (χ2n) is 4.77. The van der Waals surface area contributed by atoms with Crippen molar-refractivity contribution in [2.75, 3.05) is 14.1 Å². The van der Waals surface area contributed by atoms with Crippen LogP contribution >= 0.6 is 0 Å². The van der Waals surface area contributed by atoms with E-state index in [1.165, 1.54) is 11.8 Å².